The van der Waals surface area contributed by atoms with E-state index in [-0.39, 0.29) is 5.56 Å². The van der Waals surface area contributed by atoms with E-state index in [0.717, 1.165) is 11.0 Å². The summed E-state index contributed by atoms with van der Waals surface area (Å²) in [6, 6.07) is 18.6. The molecule has 2 aromatic rings. The second kappa shape index (κ2) is 7.46. The Morgan fingerprint density at radius 2 is 1.35 bits per heavy atom. The van der Waals surface area contributed by atoms with Crippen molar-refractivity contribution in [3.8, 4) is 0 Å². The largest absolute Gasteiger partial charge is 0.545 e. The molecule has 2 aromatic carbocycles. The van der Waals surface area contributed by atoms with Gasteiger partial charge in [-0.3, -0.25) is 0 Å². The first-order chi connectivity index (χ1) is 9.38. The second-order valence-electron chi connectivity index (χ2n) is 5.59. The van der Waals surface area contributed by atoms with Crippen LogP contribution in [-0.4, -0.2) is 31.6 Å². The van der Waals surface area contributed by atoms with Crippen LogP contribution in [0, 0.1) is 0 Å². The highest BCUT2D eigenvalue weighted by Crippen LogP contribution is 2.05. The van der Waals surface area contributed by atoms with Gasteiger partial charge in [-0.25, -0.2) is 0 Å². The van der Waals surface area contributed by atoms with Gasteiger partial charge in [0.1, 0.15) is 6.54 Å². The van der Waals surface area contributed by atoms with Crippen LogP contribution in [0.5, 0.6) is 0 Å². The number of benzene rings is 2. The Labute approximate surface area is 120 Å². The van der Waals surface area contributed by atoms with Gasteiger partial charge in [0.05, 0.1) is 27.1 Å². The van der Waals surface area contributed by atoms with E-state index in [0.29, 0.717) is 0 Å². The van der Waals surface area contributed by atoms with Crippen LogP contribution in [0.15, 0.2) is 60.7 Å². The first-order valence-electron chi connectivity index (χ1n) is 6.49. The van der Waals surface area contributed by atoms with Gasteiger partial charge >= 0.3 is 0 Å². The van der Waals surface area contributed by atoms with Gasteiger partial charge in [-0.1, -0.05) is 60.7 Å². The Bertz CT molecular complexity index is 516. The highest BCUT2D eigenvalue weighted by Gasteiger charge is 2.06. The van der Waals surface area contributed by atoms with Crippen molar-refractivity contribution in [2.45, 2.75) is 6.54 Å². The molecule has 2 rings (SSSR count). The molecule has 0 saturated heterocycles. The number of hydrogen-bond donors (Lipinski definition) is 0. The summed E-state index contributed by atoms with van der Waals surface area (Å²) in [5.41, 5.74) is 1.62. The molecule has 3 nitrogen and oxygen atoms in total. The van der Waals surface area contributed by atoms with Crippen LogP contribution in [0.2, 0.25) is 0 Å². The number of carboxylic acids is 1. The van der Waals surface area contributed by atoms with Crippen molar-refractivity contribution >= 4 is 5.97 Å². The minimum atomic E-state index is -1.13. The van der Waals surface area contributed by atoms with Gasteiger partial charge in [0.2, 0.25) is 0 Å². The van der Waals surface area contributed by atoms with Crippen LogP contribution in [0.1, 0.15) is 15.9 Å². The molecular weight excluding hydrogens is 250 g/mol. The fourth-order valence-electron chi connectivity index (χ4n) is 1.71. The molecule has 0 bridgehead atoms. The summed E-state index contributed by atoms with van der Waals surface area (Å²) in [4.78, 5) is 10.1. The number of quaternary nitrogens is 1. The Morgan fingerprint density at radius 3 is 1.70 bits per heavy atom. The standard InChI is InChI=1S/C10H16N.C7H6O2/c1-11(2,3)9-10-7-5-4-6-8-10;8-7(9)6-4-2-1-3-5-6/h4-8H,9H2,1-3H3;1-5H,(H,8,9)/q+1;/p-1. The van der Waals surface area contributed by atoms with Crippen molar-refractivity contribution in [1.82, 2.24) is 0 Å². The number of hydrogen-bond acceptors (Lipinski definition) is 2. The van der Waals surface area contributed by atoms with E-state index < -0.39 is 5.97 Å². The molecule has 0 N–H and O–H groups in total. The SMILES string of the molecule is C[N+](C)(C)Cc1ccccc1.O=C([O-])c1ccccc1. The average molecular weight is 271 g/mol. The van der Waals surface area contributed by atoms with Crippen LogP contribution in [0.25, 0.3) is 0 Å². The first-order valence-corrected chi connectivity index (χ1v) is 6.49. The Kier molecular flexibility index (Phi) is 5.94. The molecule has 106 valence electrons. The number of nitrogens with zero attached hydrogens (tertiary/aromatic N) is 1. The number of carbonyl (C=O) groups is 1. The smallest absolute Gasteiger partial charge is 0.104 e. The zero-order valence-corrected chi connectivity index (χ0v) is 12.2. The van der Waals surface area contributed by atoms with Crippen molar-refractivity contribution in [1.29, 1.82) is 0 Å². The van der Waals surface area contributed by atoms with Crippen LogP contribution in [0.3, 0.4) is 0 Å². The summed E-state index contributed by atoms with van der Waals surface area (Å²) in [6.45, 7) is 1.10. The van der Waals surface area contributed by atoms with E-state index in [2.05, 4.69) is 51.5 Å². The van der Waals surface area contributed by atoms with E-state index in [1.165, 1.54) is 17.7 Å². The molecule has 0 amide bonds. The molecule has 0 aromatic heterocycles. The molecule has 0 radical (unpaired) electrons. The molecule has 0 aliphatic carbocycles. The van der Waals surface area contributed by atoms with E-state index >= 15 is 0 Å². The fourth-order valence-corrected chi connectivity index (χ4v) is 1.71. The van der Waals surface area contributed by atoms with E-state index in [9.17, 15) is 9.90 Å². The van der Waals surface area contributed by atoms with E-state index in [4.69, 9.17) is 0 Å². The van der Waals surface area contributed by atoms with Crippen molar-refractivity contribution in [2.24, 2.45) is 0 Å². The lowest BCUT2D eigenvalue weighted by Gasteiger charge is -2.23. The summed E-state index contributed by atoms with van der Waals surface area (Å²) in [6.07, 6.45) is 0. The maximum absolute atomic E-state index is 10.1. The second-order valence-corrected chi connectivity index (χ2v) is 5.59. The normalized spacial score (nSPS) is 10.3. The Hall–Kier alpha value is -2.13. The fraction of sp³-hybridized carbons (Fsp3) is 0.235. The maximum atomic E-state index is 10.1. The molecular formula is C17H21NO2. The summed E-state index contributed by atoms with van der Waals surface area (Å²) in [7, 11) is 6.60. The Balaban J connectivity index is 0.000000204. The highest BCUT2D eigenvalue weighted by atomic mass is 16.4. The molecule has 0 atom stereocenters. The number of carbonyl (C=O) groups excluding carboxylic acids is 1. The molecule has 0 fully saturated rings. The summed E-state index contributed by atoms with van der Waals surface area (Å²) < 4.78 is 0.990. The Morgan fingerprint density at radius 1 is 0.900 bits per heavy atom. The number of carboxylic acid groups (broad SMARTS) is 1. The third kappa shape index (κ3) is 6.71. The van der Waals surface area contributed by atoms with Gasteiger partial charge in [-0.15, -0.1) is 0 Å². The van der Waals surface area contributed by atoms with Gasteiger partial charge in [-0.05, 0) is 5.56 Å². The van der Waals surface area contributed by atoms with Gasteiger partial charge in [0.15, 0.2) is 0 Å². The molecule has 0 saturated carbocycles. The van der Waals surface area contributed by atoms with E-state index in [1.54, 1.807) is 18.2 Å². The third-order valence-electron chi connectivity index (χ3n) is 2.51. The van der Waals surface area contributed by atoms with Gasteiger partial charge in [0, 0.05) is 5.56 Å². The number of rotatable bonds is 3. The molecule has 0 spiro atoms. The minimum absolute atomic E-state index is 0.220. The van der Waals surface area contributed by atoms with Gasteiger partial charge in [0.25, 0.3) is 0 Å². The summed E-state index contributed by atoms with van der Waals surface area (Å²) >= 11 is 0. The average Bonchev–Trinajstić information content (AvgIpc) is 2.40. The van der Waals surface area contributed by atoms with Crippen LogP contribution in [0.4, 0.5) is 0 Å². The maximum Gasteiger partial charge on any atom is 0.104 e. The van der Waals surface area contributed by atoms with Crippen molar-refractivity contribution < 1.29 is 14.4 Å². The van der Waals surface area contributed by atoms with Crippen molar-refractivity contribution in [3.63, 3.8) is 0 Å². The van der Waals surface area contributed by atoms with Crippen molar-refractivity contribution in [2.75, 3.05) is 21.1 Å². The molecule has 0 aliphatic rings. The van der Waals surface area contributed by atoms with Gasteiger partial charge in [-0.2, -0.15) is 0 Å². The topological polar surface area (TPSA) is 40.1 Å². The molecule has 0 aliphatic heterocycles. The zero-order chi connectivity index (χ0) is 15.0. The predicted molar refractivity (Wildman–Crippen MR) is 79.0 cm³/mol. The molecule has 3 heteroatoms. The first kappa shape index (κ1) is 15.9. The third-order valence-corrected chi connectivity index (χ3v) is 2.51. The van der Waals surface area contributed by atoms with Crippen LogP contribution >= 0.6 is 0 Å². The van der Waals surface area contributed by atoms with Crippen LogP contribution in [-0.2, 0) is 6.54 Å². The lowest BCUT2D eigenvalue weighted by atomic mass is 10.2. The van der Waals surface area contributed by atoms with Gasteiger partial charge < -0.3 is 14.4 Å². The lowest BCUT2D eigenvalue weighted by Crippen LogP contribution is -2.33. The van der Waals surface area contributed by atoms with Crippen LogP contribution < -0.4 is 5.11 Å². The van der Waals surface area contributed by atoms with E-state index in [1.807, 2.05) is 0 Å². The molecule has 20 heavy (non-hydrogen) atoms. The zero-order valence-electron chi connectivity index (χ0n) is 12.2. The monoisotopic (exact) mass is 271 g/mol. The quantitative estimate of drug-likeness (QED) is 0.800. The van der Waals surface area contributed by atoms with Crippen molar-refractivity contribution in [3.05, 3.63) is 71.8 Å². The lowest BCUT2D eigenvalue weighted by molar-refractivity contribution is -0.884. The number of aromatic carboxylic acids is 1. The predicted octanol–water partition coefficient (Wildman–Crippen LogP) is 1.94. The minimum Gasteiger partial charge on any atom is -0.545 e. The highest BCUT2D eigenvalue weighted by molar-refractivity contribution is 5.85. The summed E-state index contributed by atoms with van der Waals surface area (Å²) in [5, 5.41) is 10.1. The molecule has 0 heterocycles. The molecule has 0 unspecified atom stereocenters. The summed E-state index contributed by atoms with van der Waals surface area (Å²) in [5.74, 6) is -1.13.